The van der Waals surface area contributed by atoms with E-state index >= 15 is 0 Å². The molecule has 0 bridgehead atoms. The van der Waals surface area contributed by atoms with Crippen LogP contribution in [0.1, 0.15) is 10.4 Å². The number of anilines is 2. The highest BCUT2D eigenvalue weighted by atomic mass is 35.5. The van der Waals surface area contributed by atoms with Gasteiger partial charge >= 0.3 is 23.1 Å². The fraction of sp³-hybridized carbons (Fsp3) is 0. The smallest absolute Gasteiger partial charge is 0.444 e. The highest BCUT2D eigenvalue weighted by molar-refractivity contribution is 7.94. The van der Waals surface area contributed by atoms with E-state index in [1.807, 2.05) is 0 Å². The van der Waals surface area contributed by atoms with Crippen molar-refractivity contribution in [3.8, 4) is 11.7 Å². The van der Waals surface area contributed by atoms with Gasteiger partial charge in [-0.15, -0.1) is 14.6 Å². The number of fused-ring (bicyclic) bond motifs is 1. The van der Waals surface area contributed by atoms with Crippen molar-refractivity contribution in [2.24, 2.45) is 10.2 Å². The number of aromatic hydroxyl groups is 1. The number of carboxylic acids is 1. The summed E-state index contributed by atoms with van der Waals surface area (Å²) in [4.78, 5) is 23.2. The molecular weight excluding hydrogens is 642 g/mol. The summed E-state index contributed by atoms with van der Waals surface area (Å²) < 4.78 is 38.9. The van der Waals surface area contributed by atoms with Crippen LogP contribution in [0.15, 0.2) is 93.1 Å². The Kier molecular flexibility index (Phi) is 8.92. The largest absolute Gasteiger partial charge is 0.505 e. The maximum atomic E-state index is 11.7. The lowest BCUT2D eigenvalue weighted by atomic mass is 10.1. The molecule has 19 heteroatoms. The van der Waals surface area contributed by atoms with Crippen molar-refractivity contribution in [3.63, 3.8) is 0 Å². The minimum absolute atomic E-state index is 0.0490. The van der Waals surface area contributed by atoms with E-state index in [4.69, 9.17) is 22.0 Å². The molecule has 0 saturated heterocycles. The van der Waals surface area contributed by atoms with E-state index in [9.17, 15) is 22.9 Å². The molecule has 0 aliphatic heterocycles. The number of phenols is 1. The summed E-state index contributed by atoms with van der Waals surface area (Å²) in [6, 6.07) is 14.3. The van der Waals surface area contributed by atoms with Crippen LogP contribution >= 0.6 is 23.6 Å². The van der Waals surface area contributed by atoms with Crippen molar-refractivity contribution >= 4 is 73.5 Å². The molecule has 2 heterocycles. The molecule has 0 aliphatic carbocycles. The second-order valence-corrected chi connectivity index (χ2v) is 11.0. The number of carbonyl (C=O) groups is 1. The lowest BCUT2D eigenvalue weighted by Crippen LogP contribution is -2.33. The van der Waals surface area contributed by atoms with Crippen LogP contribution < -0.4 is 9.88 Å². The van der Waals surface area contributed by atoms with Crippen molar-refractivity contribution in [1.29, 1.82) is 0 Å². The zero-order chi connectivity index (χ0) is 31.4. The Morgan fingerprint density at radius 2 is 1.77 bits per heavy atom. The summed E-state index contributed by atoms with van der Waals surface area (Å²) in [6.45, 7) is 0. The molecule has 0 amide bonds. The van der Waals surface area contributed by atoms with E-state index in [2.05, 4.69) is 39.9 Å². The van der Waals surface area contributed by atoms with E-state index in [0.29, 0.717) is 28.5 Å². The summed E-state index contributed by atoms with van der Waals surface area (Å²) in [5, 5.41) is 44.0. The molecule has 44 heavy (non-hydrogen) atoms. The van der Waals surface area contributed by atoms with Crippen molar-refractivity contribution in [2.75, 3.05) is 5.32 Å². The first-order chi connectivity index (χ1) is 21.0. The monoisotopic (exact) mass is 658 g/mol. The van der Waals surface area contributed by atoms with Gasteiger partial charge in [0.25, 0.3) is 10.1 Å². The number of nitrogens with zero attached hydrogens (tertiary/aromatic N) is 6. The molecular formula is C25H17ClN7O9S2+. The predicted octanol–water partition coefficient (Wildman–Crippen LogP) is 5.19. The Labute approximate surface area is 256 Å². The predicted molar refractivity (Wildman–Crippen MR) is 153 cm³/mol. The van der Waals surface area contributed by atoms with Crippen molar-refractivity contribution in [3.05, 3.63) is 83.9 Å². The number of halogens is 1. The van der Waals surface area contributed by atoms with E-state index in [1.54, 1.807) is 18.2 Å². The third-order valence-electron chi connectivity index (χ3n) is 5.77. The van der Waals surface area contributed by atoms with Gasteiger partial charge in [-0.05, 0) is 75.5 Å². The van der Waals surface area contributed by atoms with E-state index < -0.39 is 21.0 Å². The molecule has 0 aliphatic rings. The standard InChI is InChI=1S/C25H16ClN7O9S2/c26-23-28-24(30-25(29-23)33-9-7-13(8-10-33)22(35)36)27-15-5-6-16-14(11-15)12-18(43-42-41-37)20(21(16)34)32-31-17-3-1-2-4-19(17)44(38,39)40/h1-12H,(H4-,27,28,29,30,31,34,35,36,37,38,39,40)/p+1. The van der Waals surface area contributed by atoms with Gasteiger partial charge in [0.05, 0.1) is 34.9 Å². The Bertz CT molecular complexity index is 2030. The van der Waals surface area contributed by atoms with Crippen LogP contribution in [0, 0.1) is 0 Å². The highest BCUT2D eigenvalue weighted by Crippen LogP contribution is 2.44. The van der Waals surface area contributed by atoms with Gasteiger partial charge in [-0.25, -0.2) is 14.6 Å². The van der Waals surface area contributed by atoms with Gasteiger partial charge in [0.1, 0.15) is 16.3 Å². The number of aromatic carboxylic acids is 1. The molecule has 0 spiro atoms. The first-order valence-corrected chi connectivity index (χ1v) is 14.5. The summed E-state index contributed by atoms with van der Waals surface area (Å²) >= 11 is 6.57. The number of rotatable bonds is 10. The first kappa shape index (κ1) is 30.6. The van der Waals surface area contributed by atoms with Crippen molar-refractivity contribution in [1.82, 2.24) is 15.0 Å². The minimum atomic E-state index is -4.62. The van der Waals surface area contributed by atoms with Crippen LogP contribution in [0.4, 0.5) is 23.0 Å². The molecule has 16 nitrogen and oxygen atoms in total. The molecule has 0 saturated carbocycles. The molecule has 0 fully saturated rings. The second-order valence-electron chi connectivity index (χ2n) is 8.53. The van der Waals surface area contributed by atoms with Crippen molar-refractivity contribution < 1.29 is 47.2 Å². The topological polar surface area (TPSA) is 230 Å². The Morgan fingerprint density at radius 3 is 2.48 bits per heavy atom. The lowest BCUT2D eigenvalue weighted by Gasteiger charge is -2.11. The van der Waals surface area contributed by atoms with E-state index in [-0.39, 0.29) is 44.8 Å². The number of benzene rings is 3. The van der Waals surface area contributed by atoms with Gasteiger partial charge in [-0.2, -0.15) is 13.4 Å². The van der Waals surface area contributed by atoms with Crippen LogP contribution in [0.5, 0.6) is 5.75 Å². The third-order valence-corrected chi connectivity index (χ3v) is 7.46. The Hall–Kier alpha value is -4.82. The minimum Gasteiger partial charge on any atom is -0.505 e. The maximum absolute atomic E-state index is 11.7. The van der Waals surface area contributed by atoms with Crippen molar-refractivity contribution in [2.45, 2.75) is 9.79 Å². The number of pyridine rings is 1. The molecule has 0 atom stereocenters. The van der Waals surface area contributed by atoms with Crippen LogP contribution in [0.3, 0.4) is 0 Å². The normalized spacial score (nSPS) is 11.7. The molecule has 5 aromatic rings. The Morgan fingerprint density at radius 1 is 1.02 bits per heavy atom. The highest BCUT2D eigenvalue weighted by Gasteiger charge is 2.20. The van der Waals surface area contributed by atoms with E-state index in [0.717, 1.165) is 6.07 Å². The lowest BCUT2D eigenvalue weighted by molar-refractivity contribution is -0.603. The van der Waals surface area contributed by atoms with Gasteiger partial charge in [0, 0.05) is 11.1 Å². The van der Waals surface area contributed by atoms with Crippen LogP contribution in [0.2, 0.25) is 5.28 Å². The summed E-state index contributed by atoms with van der Waals surface area (Å²) in [5.74, 6) is -1.32. The average Bonchev–Trinajstić information content (AvgIpc) is 2.99. The molecule has 0 unspecified atom stereocenters. The zero-order valence-electron chi connectivity index (χ0n) is 21.6. The number of phenolic OH excluding ortho intramolecular Hbond substituents is 1. The number of hydrogen-bond donors (Lipinski definition) is 5. The number of azo groups is 1. The molecule has 0 radical (unpaired) electrons. The molecule has 5 rings (SSSR count). The number of hydrogen-bond acceptors (Lipinski definition) is 14. The van der Waals surface area contributed by atoms with Gasteiger partial charge < -0.3 is 15.5 Å². The number of carboxylic acid groups (broad SMARTS) is 1. The molecule has 224 valence electrons. The summed E-state index contributed by atoms with van der Waals surface area (Å²) in [6.07, 6.45) is 2.90. The van der Waals surface area contributed by atoms with Gasteiger partial charge in [-0.1, -0.05) is 17.2 Å². The maximum Gasteiger partial charge on any atom is 0.444 e. The summed E-state index contributed by atoms with van der Waals surface area (Å²) in [7, 11) is -4.62. The van der Waals surface area contributed by atoms with Gasteiger partial charge in [0.15, 0.2) is 5.75 Å². The first-order valence-electron chi connectivity index (χ1n) is 11.9. The van der Waals surface area contributed by atoms with Gasteiger partial charge in [0.2, 0.25) is 0 Å². The average molecular weight is 659 g/mol. The Balaban J connectivity index is 1.50. The zero-order valence-corrected chi connectivity index (χ0v) is 24.0. The number of nitrogens with one attached hydrogen (secondary N) is 1. The molecule has 5 N–H and O–H groups in total. The fourth-order valence-electron chi connectivity index (χ4n) is 3.85. The number of aromatic nitrogens is 4. The summed E-state index contributed by atoms with van der Waals surface area (Å²) in [5.41, 5.74) is 0.157. The quantitative estimate of drug-likeness (QED) is 0.0325. The SMILES string of the molecule is O=C(O)c1cc[n+](-c2nc(Cl)nc(Nc3ccc4c(O)c(N=Nc5ccccc5S(=O)(=O)O)c(SOOO)cc4c3)n2)cc1. The third kappa shape index (κ3) is 6.87. The van der Waals surface area contributed by atoms with Crippen LogP contribution in [0.25, 0.3) is 16.7 Å². The second kappa shape index (κ2) is 12.8. The van der Waals surface area contributed by atoms with E-state index in [1.165, 1.54) is 53.4 Å². The molecule has 2 aromatic heterocycles. The van der Waals surface area contributed by atoms with Gasteiger partial charge in [-0.3, -0.25) is 4.55 Å². The molecule has 3 aromatic carbocycles. The van der Waals surface area contributed by atoms with Crippen LogP contribution in [-0.4, -0.2) is 49.4 Å². The fourth-order valence-corrected chi connectivity index (χ4v) is 5.12. The van der Waals surface area contributed by atoms with Crippen LogP contribution in [-0.2, 0) is 19.5 Å².